The Kier molecular flexibility index (Phi) is 17.9. The number of pyridine rings is 2. The first kappa shape index (κ1) is 40.3. The van der Waals surface area contributed by atoms with Gasteiger partial charge in [-0.05, 0) is 24.9 Å². The minimum Gasteiger partial charge on any atom is -1.00 e. The number of imidazole rings is 3. The van der Waals surface area contributed by atoms with Crippen LogP contribution in [0.1, 0.15) is 0 Å². The topological polar surface area (TPSA) is 103 Å². The molecule has 1 radical (unpaired) electrons. The maximum absolute atomic E-state index is 5.13. The molecule has 11 nitrogen and oxygen atoms in total. The Hall–Kier alpha value is -3.68. The van der Waals surface area contributed by atoms with E-state index < -0.39 is 0 Å². The molecule has 0 bridgehead atoms. The molecule has 0 amide bonds. The number of halogens is 3. The predicted molar refractivity (Wildman–Crippen MR) is 152 cm³/mol. The van der Waals surface area contributed by atoms with E-state index in [4.69, 9.17) is 9.47 Å². The van der Waals surface area contributed by atoms with Crippen molar-refractivity contribution in [1.82, 2.24) is 43.2 Å². The minimum absolute atomic E-state index is 0. The Bertz CT molecular complexity index is 1470. The number of aromatic nitrogens is 9. The Morgan fingerprint density at radius 1 is 0.545 bits per heavy atom. The Labute approximate surface area is 289 Å². The van der Waals surface area contributed by atoms with Gasteiger partial charge in [-0.1, -0.05) is 6.20 Å². The first-order chi connectivity index (χ1) is 19.4. The van der Waals surface area contributed by atoms with Crippen LogP contribution in [0.2, 0.25) is 0 Å². The van der Waals surface area contributed by atoms with Crippen LogP contribution in [-0.4, -0.2) is 57.4 Å². The van der Waals surface area contributed by atoms with Gasteiger partial charge in [0.25, 0.3) is 0 Å². The molecule has 6 aromatic heterocycles. The Balaban J connectivity index is 0.000000610. The van der Waals surface area contributed by atoms with Crippen molar-refractivity contribution in [3.05, 3.63) is 92.2 Å². The summed E-state index contributed by atoms with van der Waals surface area (Å²) in [5.41, 5.74) is 2.54. The van der Waals surface area contributed by atoms with Gasteiger partial charge in [-0.3, -0.25) is 15.0 Å². The van der Waals surface area contributed by atoms with Gasteiger partial charge in [0.05, 0.1) is 31.4 Å². The molecule has 0 spiro atoms. The molecule has 0 unspecified atom stereocenters. The van der Waals surface area contributed by atoms with Gasteiger partial charge in [0.15, 0.2) is 11.6 Å². The quantitative estimate of drug-likeness (QED) is 0.161. The number of rotatable bonds is 5. The molecule has 6 rings (SSSR count). The summed E-state index contributed by atoms with van der Waals surface area (Å²) in [7, 11) is 11.1. The van der Waals surface area contributed by atoms with Crippen LogP contribution in [0.25, 0.3) is 34.6 Å². The van der Waals surface area contributed by atoms with Crippen LogP contribution in [-0.2, 0) is 48.0 Å². The van der Waals surface area contributed by atoms with Crippen molar-refractivity contribution in [2.75, 3.05) is 14.2 Å². The molecule has 0 aliphatic heterocycles. The van der Waals surface area contributed by atoms with E-state index in [0.29, 0.717) is 0 Å². The fourth-order valence-corrected chi connectivity index (χ4v) is 3.74. The predicted octanol–water partition coefficient (Wildman–Crippen LogP) is -4.78. The van der Waals surface area contributed by atoms with Crippen molar-refractivity contribution in [2.24, 2.45) is 28.2 Å². The fraction of sp³-hybridized carbons (Fsp3) is 0.207. The van der Waals surface area contributed by atoms with Crippen molar-refractivity contribution in [3.63, 3.8) is 0 Å². The summed E-state index contributed by atoms with van der Waals surface area (Å²) in [6.45, 7) is 0. The second-order valence-corrected chi connectivity index (χ2v) is 8.67. The molecule has 0 saturated heterocycles. The van der Waals surface area contributed by atoms with Crippen molar-refractivity contribution < 1.29 is 66.5 Å². The van der Waals surface area contributed by atoms with Gasteiger partial charge in [-0.15, -0.1) is 0 Å². The summed E-state index contributed by atoms with van der Waals surface area (Å²) in [5, 5.41) is 0. The van der Waals surface area contributed by atoms with Gasteiger partial charge in [0, 0.05) is 82.9 Å². The van der Waals surface area contributed by atoms with Crippen LogP contribution in [0, 0.1) is 6.07 Å². The van der Waals surface area contributed by atoms with E-state index in [1.54, 1.807) is 57.3 Å². The molecule has 0 fully saturated rings. The van der Waals surface area contributed by atoms with E-state index in [2.05, 4.69) is 31.0 Å². The van der Waals surface area contributed by atoms with Gasteiger partial charge in [0.1, 0.15) is 11.5 Å². The van der Waals surface area contributed by atoms with Gasteiger partial charge < -0.3 is 65.0 Å². The fourth-order valence-electron chi connectivity index (χ4n) is 3.74. The monoisotopic (exact) mass is 835 g/mol. The summed E-state index contributed by atoms with van der Waals surface area (Å²) in [4.78, 5) is 21.1. The molecule has 6 aromatic rings. The number of aryl methyl sites for hydroxylation is 4. The summed E-state index contributed by atoms with van der Waals surface area (Å²) < 4.78 is 18.1. The van der Waals surface area contributed by atoms with E-state index in [1.165, 1.54) is 0 Å². The molecule has 0 aromatic carbocycles. The minimum atomic E-state index is 0. The first-order valence-corrected chi connectivity index (χ1v) is 12.4. The molecular formula is C29H32Cl3N9O2Os-3. The summed E-state index contributed by atoms with van der Waals surface area (Å²) in [6.07, 6.45) is 16.4. The van der Waals surface area contributed by atoms with Gasteiger partial charge >= 0.3 is 19.8 Å². The van der Waals surface area contributed by atoms with E-state index in [0.717, 1.165) is 46.1 Å². The van der Waals surface area contributed by atoms with Crippen LogP contribution in [0.15, 0.2) is 86.1 Å². The summed E-state index contributed by atoms with van der Waals surface area (Å²) in [6, 6.07) is 12.3. The third-order valence-corrected chi connectivity index (χ3v) is 5.94. The average molecular weight is 835 g/mol. The van der Waals surface area contributed by atoms with Crippen molar-refractivity contribution in [1.29, 1.82) is 0 Å². The molecule has 0 saturated carbocycles. The normalized spacial score (nSPS) is 9.32. The zero-order valence-corrected chi connectivity index (χ0v) is 29.7. The smallest absolute Gasteiger partial charge is 1.00 e. The maximum Gasteiger partial charge on any atom is 1.00 e. The molecule has 0 atom stereocenters. The molecule has 15 heteroatoms. The van der Waals surface area contributed by atoms with Crippen LogP contribution < -0.4 is 46.7 Å². The third-order valence-electron chi connectivity index (χ3n) is 5.94. The van der Waals surface area contributed by atoms with Crippen LogP contribution in [0.5, 0.6) is 11.5 Å². The number of ether oxygens (including phenoxy) is 2. The van der Waals surface area contributed by atoms with Crippen LogP contribution >= 0.6 is 0 Å². The first-order valence-electron chi connectivity index (χ1n) is 12.4. The zero-order chi connectivity index (χ0) is 28.5. The van der Waals surface area contributed by atoms with Gasteiger partial charge in [-0.25, -0.2) is 9.97 Å². The van der Waals surface area contributed by atoms with Crippen LogP contribution in [0.3, 0.4) is 0 Å². The molecule has 44 heavy (non-hydrogen) atoms. The van der Waals surface area contributed by atoms with E-state index in [9.17, 15) is 0 Å². The Morgan fingerprint density at radius 2 is 0.955 bits per heavy atom. The average Bonchev–Trinajstić information content (AvgIpc) is 3.79. The second kappa shape index (κ2) is 19.6. The van der Waals surface area contributed by atoms with Crippen LogP contribution in [0.4, 0.5) is 0 Å². The molecule has 0 N–H and O–H groups in total. The van der Waals surface area contributed by atoms with Crippen molar-refractivity contribution in [2.45, 2.75) is 0 Å². The Morgan fingerprint density at radius 3 is 1.27 bits per heavy atom. The summed E-state index contributed by atoms with van der Waals surface area (Å²) in [5.74, 6) is 4.25. The molecule has 0 aliphatic carbocycles. The molecule has 237 valence electrons. The van der Waals surface area contributed by atoms with Gasteiger partial charge in [0.2, 0.25) is 0 Å². The molecular weight excluding hydrogens is 803 g/mol. The standard InChI is InChI=1S/C12H12N2O2.C9H10N3.C8H10N4.3ClH.Os/c1-15-9-3-5-13-11(7-9)12-8-10(16-2)4-6-14-12;1-11-6-3-4-8(11)9-10-5-7-12(9)2;1-11-5-3-9-7(11)8-10-4-6-12(8)2;;;;/h3-8H,1-2H3;3,5-7H,1-2H3;3-6H,1-2H3;3*1H;/q;-1;;;;;+1/p-3. The zero-order valence-electron chi connectivity index (χ0n) is 24.9. The number of nitrogens with zero attached hydrogens (tertiary/aromatic N) is 9. The summed E-state index contributed by atoms with van der Waals surface area (Å²) >= 11 is 0. The van der Waals surface area contributed by atoms with Crippen molar-refractivity contribution >= 4 is 0 Å². The number of hydrogen-bond acceptors (Lipinski definition) is 7. The molecule has 0 aliphatic rings. The van der Waals surface area contributed by atoms with E-state index in [1.807, 2.05) is 89.4 Å². The third kappa shape index (κ3) is 10.2. The van der Waals surface area contributed by atoms with Crippen molar-refractivity contribution in [3.8, 4) is 46.1 Å². The largest absolute Gasteiger partial charge is 1.00 e. The molecule has 6 heterocycles. The van der Waals surface area contributed by atoms with E-state index >= 15 is 0 Å². The second-order valence-electron chi connectivity index (χ2n) is 8.67. The van der Waals surface area contributed by atoms with E-state index in [-0.39, 0.29) is 57.0 Å². The SMILES string of the molecule is COc1ccnc(-c2cc(OC)ccn2)c1.Cn1cc[c-]c1-c1nccn1C.Cn1ccnc1-c1nccn1C.[Cl-].[Cl-].[Cl-].[Os+]. The number of hydrogen-bond donors (Lipinski definition) is 0. The maximum atomic E-state index is 5.13. The number of methoxy groups -OCH3 is 2. The van der Waals surface area contributed by atoms with Gasteiger partial charge in [-0.2, -0.15) is 12.1 Å².